The zero-order chi connectivity index (χ0) is 31.1. The summed E-state index contributed by atoms with van der Waals surface area (Å²) in [7, 11) is 0.302. The van der Waals surface area contributed by atoms with Gasteiger partial charge in [0.1, 0.15) is 24.7 Å². The Morgan fingerprint density at radius 1 is 0.413 bits per heavy atom. The van der Waals surface area contributed by atoms with Crippen molar-refractivity contribution in [1.82, 2.24) is 4.90 Å². The number of hydrogen-bond donors (Lipinski definition) is 0. The lowest BCUT2D eigenvalue weighted by molar-refractivity contribution is 0.205. The van der Waals surface area contributed by atoms with Gasteiger partial charge < -0.3 is 9.47 Å². The van der Waals surface area contributed by atoms with Gasteiger partial charge in [-0.25, -0.2) is 0 Å². The molecular weight excluding hydrogens is 600 g/mol. The molecular formula is C41H37NO2P2. The molecule has 46 heavy (non-hydrogen) atoms. The second kappa shape index (κ2) is 14.4. The van der Waals surface area contributed by atoms with Gasteiger partial charge in [-0.2, -0.15) is 0 Å². The summed E-state index contributed by atoms with van der Waals surface area (Å²) in [6.07, 6.45) is 0. The number of benzene rings is 6. The highest BCUT2D eigenvalue weighted by molar-refractivity contribution is 7.80. The third-order valence-corrected chi connectivity index (χ3v) is 13.2. The maximum absolute atomic E-state index is 6.78. The molecule has 0 atom stereocenters. The van der Waals surface area contributed by atoms with Crippen LogP contribution in [-0.2, 0) is 0 Å². The van der Waals surface area contributed by atoms with Crippen LogP contribution < -0.4 is 41.3 Å². The summed E-state index contributed by atoms with van der Waals surface area (Å²) in [5.41, 5.74) is 2.27. The average Bonchev–Trinajstić information content (AvgIpc) is 3.14. The highest BCUT2D eigenvalue weighted by Crippen LogP contribution is 2.47. The molecule has 0 unspecified atom stereocenters. The van der Waals surface area contributed by atoms with E-state index in [2.05, 4.69) is 170 Å². The first-order valence-electron chi connectivity index (χ1n) is 15.8. The van der Waals surface area contributed by atoms with Gasteiger partial charge in [0.25, 0.3) is 0 Å². The summed E-state index contributed by atoms with van der Waals surface area (Å²) in [5, 5.41) is 7.76. The molecule has 1 aliphatic heterocycles. The van der Waals surface area contributed by atoms with Gasteiger partial charge in [-0.1, -0.05) is 146 Å². The second-order valence-corrected chi connectivity index (χ2v) is 15.7. The molecule has 0 aliphatic carbocycles. The van der Waals surface area contributed by atoms with E-state index in [1.54, 1.807) is 0 Å². The Kier molecular flexibility index (Phi) is 9.55. The number of rotatable bonds is 6. The van der Waals surface area contributed by atoms with Crippen molar-refractivity contribution >= 4 is 47.7 Å². The lowest BCUT2D eigenvalue weighted by Gasteiger charge is -2.28. The van der Waals surface area contributed by atoms with Gasteiger partial charge in [0.15, 0.2) is 0 Å². The molecule has 7 rings (SSSR count). The van der Waals surface area contributed by atoms with Crippen LogP contribution in [0.2, 0.25) is 0 Å². The normalized spacial score (nSPS) is 13.6. The van der Waals surface area contributed by atoms with E-state index in [0.717, 1.165) is 35.7 Å². The number of ether oxygens (including phenoxy) is 2. The van der Waals surface area contributed by atoms with E-state index in [1.807, 2.05) is 0 Å². The van der Waals surface area contributed by atoms with Gasteiger partial charge in [-0.3, -0.25) is 4.90 Å². The summed E-state index contributed by atoms with van der Waals surface area (Å²) in [6, 6.07) is 57.0. The van der Waals surface area contributed by atoms with E-state index in [9.17, 15) is 0 Å². The summed E-state index contributed by atoms with van der Waals surface area (Å²) < 4.78 is 13.6. The highest BCUT2D eigenvalue weighted by atomic mass is 31.1. The number of fused-ring (bicyclic) bond motifs is 3. The first-order valence-corrected chi connectivity index (χ1v) is 18.5. The minimum absolute atomic E-state index is 0.602. The Bertz CT molecular complexity index is 1650. The van der Waals surface area contributed by atoms with E-state index >= 15 is 0 Å². The van der Waals surface area contributed by atoms with Crippen LogP contribution in [0.25, 0.3) is 11.1 Å². The standard InChI is InChI=1S/C41H37NO2P2/c1-42-28-30-43-36-24-14-26-38(45(32-16-6-2-7-17-32)33-18-8-3-9-19-33)40(36)41-37(44-31-29-42)25-15-27-39(41)46(34-20-10-4-11-21-34)35-22-12-5-13-23-35/h2-27H,28-31H2,1H3. The van der Waals surface area contributed by atoms with Crippen LogP contribution in [0.15, 0.2) is 158 Å². The topological polar surface area (TPSA) is 21.7 Å². The number of nitrogens with zero attached hydrogens (tertiary/aromatic N) is 1. The minimum atomic E-state index is -0.915. The molecule has 228 valence electrons. The zero-order valence-corrected chi connectivity index (χ0v) is 27.8. The molecule has 0 bridgehead atoms. The number of hydrogen-bond acceptors (Lipinski definition) is 3. The predicted octanol–water partition coefficient (Wildman–Crippen LogP) is 6.57. The molecule has 0 aromatic heterocycles. The fourth-order valence-electron chi connectivity index (χ4n) is 6.05. The summed E-state index contributed by atoms with van der Waals surface area (Å²) in [5.74, 6) is 1.81. The van der Waals surface area contributed by atoms with Gasteiger partial charge >= 0.3 is 0 Å². The van der Waals surface area contributed by atoms with Crippen LogP contribution in [-0.4, -0.2) is 38.3 Å². The lowest BCUT2D eigenvalue weighted by Crippen LogP contribution is -2.28. The molecule has 5 heteroatoms. The molecule has 0 saturated carbocycles. The molecule has 0 N–H and O–H groups in total. The first-order chi connectivity index (χ1) is 22.8. The Labute approximate surface area is 275 Å². The molecule has 1 aliphatic rings. The van der Waals surface area contributed by atoms with Gasteiger partial charge in [-0.05, 0) is 66.9 Å². The summed E-state index contributed by atoms with van der Waals surface area (Å²) in [4.78, 5) is 2.28. The maximum Gasteiger partial charge on any atom is 0.128 e. The number of likely N-dealkylation sites (N-methyl/N-ethyl adjacent to an activating group) is 1. The van der Waals surface area contributed by atoms with E-state index in [4.69, 9.17) is 9.47 Å². The molecule has 6 aromatic carbocycles. The van der Waals surface area contributed by atoms with Crippen LogP contribution in [0.5, 0.6) is 11.5 Å². The van der Waals surface area contributed by atoms with Crippen LogP contribution in [0.4, 0.5) is 0 Å². The smallest absolute Gasteiger partial charge is 0.128 e. The SMILES string of the molecule is CN1CCOc2cccc(P(c3ccccc3)c3ccccc3)c2-c2c(cccc2P(c2ccccc2)c2ccccc2)OCC1. The van der Waals surface area contributed by atoms with Gasteiger partial charge in [0.2, 0.25) is 0 Å². The third-order valence-electron chi connectivity index (χ3n) is 8.26. The third kappa shape index (κ3) is 6.51. The van der Waals surface area contributed by atoms with Gasteiger partial charge in [0, 0.05) is 24.2 Å². The molecule has 6 aromatic rings. The predicted molar refractivity (Wildman–Crippen MR) is 198 cm³/mol. The fourth-order valence-corrected chi connectivity index (χ4v) is 11.0. The largest absolute Gasteiger partial charge is 0.492 e. The van der Waals surface area contributed by atoms with E-state index in [0.29, 0.717) is 13.2 Å². The maximum atomic E-state index is 6.78. The first kappa shape index (κ1) is 30.4. The van der Waals surface area contributed by atoms with Crippen molar-refractivity contribution in [3.8, 4) is 22.6 Å². The highest BCUT2D eigenvalue weighted by Gasteiger charge is 2.30. The van der Waals surface area contributed by atoms with E-state index in [-0.39, 0.29) is 0 Å². The molecule has 1 heterocycles. The quantitative estimate of drug-likeness (QED) is 0.193. The monoisotopic (exact) mass is 637 g/mol. The molecule has 0 radical (unpaired) electrons. The summed E-state index contributed by atoms with van der Waals surface area (Å²) in [6.45, 7) is 2.85. The Hall–Kier alpha value is -4.26. The summed E-state index contributed by atoms with van der Waals surface area (Å²) >= 11 is 0. The molecule has 0 fully saturated rings. The molecule has 3 nitrogen and oxygen atoms in total. The second-order valence-electron chi connectivity index (χ2n) is 11.3. The minimum Gasteiger partial charge on any atom is -0.492 e. The van der Waals surface area contributed by atoms with Crippen LogP contribution in [0, 0.1) is 0 Å². The van der Waals surface area contributed by atoms with Crippen molar-refractivity contribution in [2.24, 2.45) is 0 Å². The Balaban J connectivity index is 1.55. The Morgan fingerprint density at radius 2 is 0.739 bits per heavy atom. The lowest BCUT2D eigenvalue weighted by atomic mass is 10.0. The van der Waals surface area contributed by atoms with Crippen molar-refractivity contribution < 1.29 is 9.47 Å². The van der Waals surface area contributed by atoms with Crippen LogP contribution in [0.3, 0.4) is 0 Å². The van der Waals surface area contributed by atoms with E-state index < -0.39 is 15.8 Å². The van der Waals surface area contributed by atoms with Crippen molar-refractivity contribution in [3.05, 3.63) is 158 Å². The van der Waals surface area contributed by atoms with Crippen molar-refractivity contribution in [1.29, 1.82) is 0 Å². The van der Waals surface area contributed by atoms with Crippen molar-refractivity contribution in [2.45, 2.75) is 0 Å². The molecule has 0 amide bonds. The molecule has 0 saturated heterocycles. The Morgan fingerprint density at radius 3 is 1.07 bits per heavy atom. The van der Waals surface area contributed by atoms with E-state index in [1.165, 1.54) is 31.8 Å². The van der Waals surface area contributed by atoms with Crippen molar-refractivity contribution in [2.75, 3.05) is 33.4 Å². The van der Waals surface area contributed by atoms with Crippen LogP contribution >= 0.6 is 15.8 Å². The van der Waals surface area contributed by atoms with Gasteiger partial charge in [0.05, 0.1) is 0 Å². The fraction of sp³-hybridized carbons (Fsp3) is 0.122. The zero-order valence-electron chi connectivity index (χ0n) is 26.0. The van der Waals surface area contributed by atoms with Gasteiger partial charge in [-0.15, -0.1) is 0 Å². The average molecular weight is 638 g/mol. The van der Waals surface area contributed by atoms with Crippen LogP contribution in [0.1, 0.15) is 0 Å². The molecule has 0 spiro atoms. The van der Waals surface area contributed by atoms with Crippen molar-refractivity contribution in [3.63, 3.8) is 0 Å².